The molecule has 1 N–H and O–H groups in total. The maximum absolute atomic E-state index is 13.1. The number of nitrogens with one attached hydrogen (secondary N) is 1. The first-order chi connectivity index (χ1) is 15.8. The van der Waals surface area contributed by atoms with E-state index in [-0.39, 0.29) is 24.4 Å². The van der Waals surface area contributed by atoms with Crippen molar-refractivity contribution < 1.29 is 14.3 Å². The van der Waals surface area contributed by atoms with Crippen LogP contribution in [0.5, 0.6) is 0 Å². The Morgan fingerprint density at radius 2 is 1.94 bits per heavy atom. The molecule has 1 aliphatic heterocycles. The maximum atomic E-state index is 13.1. The van der Waals surface area contributed by atoms with Crippen molar-refractivity contribution in [3.63, 3.8) is 0 Å². The standard InChI is InChI=1S/C25H27N5O3/c1-15(2)23-14-33-25(32)30(23)21-8-18(22-6-5-16(3)10-28-22)7-19(9-21)24(31)29-13-20-12-26-17(4)11-27-20/h5-12,15,23H,13-14H2,1-4H3,(H,29,31). The minimum atomic E-state index is -0.413. The number of carbonyl (C=O) groups excluding carboxylic acids is 2. The number of hydrogen-bond acceptors (Lipinski definition) is 6. The number of benzene rings is 1. The molecule has 170 valence electrons. The summed E-state index contributed by atoms with van der Waals surface area (Å²) in [6.45, 7) is 8.47. The van der Waals surface area contributed by atoms with Crippen LogP contribution in [0.15, 0.2) is 48.9 Å². The molecule has 0 bridgehead atoms. The monoisotopic (exact) mass is 445 g/mol. The Hall–Kier alpha value is -3.81. The van der Waals surface area contributed by atoms with Crippen molar-refractivity contribution in [2.24, 2.45) is 5.92 Å². The maximum Gasteiger partial charge on any atom is 0.414 e. The molecule has 2 amide bonds. The third-order valence-electron chi connectivity index (χ3n) is 5.61. The summed E-state index contributed by atoms with van der Waals surface area (Å²) >= 11 is 0. The largest absolute Gasteiger partial charge is 0.447 e. The van der Waals surface area contributed by atoms with Crippen molar-refractivity contribution in [1.29, 1.82) is 0 Å². The van der Waals surface area contributed by atoms with Crippen LogP contribution in [0.1, 0.15) is 41.2 Å². The molecule has 1 aromatic carbocycles. The van der Waals surface area contributed by atoms with E-state index in [2.05, 4.69) is 20.3 Å². The zero-order valence-electron chi connectivity index (χ0n) is 19.2. The van der Waals surface area contributed by atoms with Crippen molar-refractivity contribution in [2.75, 3.05) is 11.5 Å². The Balaban J connectivity index is 1.69. The molecule has 1 fully saturated rings. The van der Waals surface area contributed by atoms with E-state index >= 15 is 0 Å². The topological polar surface area (TPSA) is 97.3 Å². The van der Waals surface area contributed by atoms with Gasteiger partial charge in [-0.2, -0.15) is 0 Å². The molecule has 1 unspecified atom stereocenters. The smallest absolute Gasteiger partial charge is 0.414 e. The van der Waals surface area contributed by atoms with Gasteiger partial charge in [0.05, 0.1) is 35.9 Å². The van der Waals surface area contributed by atoms with Crippen LogP contribution >= 0.6 is 0 Å². The summed E-state index contributed by atoms with van der Waals surface area (Å²) in [5.41, 5.74) is 5.00. The summed E-state index contributed by atoms with van der Waals surface area (Å²) < 4.78 is 5.33. The molecular weight excluding hydrogens is 418 g/mol. The summed E-state index contributed by atoms with van der Waals surface area (Å²) in [6, 6.07) is 9.13. The number of cyclic esters (lactones) is 1. The molecule has 1 aliphatic rings. The number of rotatable bonds is 6. The van der Waals surface area contributed by atoms with Crippen LogP contribution in [0, 0.1) is 19.8 Å². The Kier molecular flexibility index (Phi) is 6.35. The molecule has 33 heavy (non-hydrogen) atoms. The second-order valence-corrected chi connectivity index (χ2v) is 8.58. The van der Waals surface area contributed by atoms with Gasteiger partial charge in [0.25, 0.3) is 5.91 Å². The van der Waals surface area contributed by atoms with Crippen LogP contribution < -0.4 is 10.2 Å². The molecule has 4 rings (SSSR count). The lowest BCUT2D eigenvalue weighted by Crippen LogP contribution is -2.37. The lowest BCUT2D eigenvalue weighted by molar-refractivity contribution is 0.0950. The fourth-order valence-electron chi connectivity index (χ4n) is 3.67. The summed E-state index contributed by atoms with van der Waals surface area (Å²) in [5.74, 6) is -0.0868. The van der Waals surface area contributed by atoms with E-state index in [4.69, 9.17) is 4.74 Å². The van der Waals surface area contributed by atoms with Crippen LogP contribution in [0.4, 0.5) is 10.5 Å². The lowest BCUT2D eigenvalue weighted by Gasteiger charge is -2.25. The van der Waals surface area contributed by atoms with Gasteiger partial charge in [-0.3, -0.25) is 24.6 Å². The number of amides is 2. The highest BCUT2D eigenvalue weighted by Gasteiger charge is 2.36. The van der Waals surface area contributed by atoms with Gasteiger partial charge in [-0.15, -0.1) is 0 Å². The number of nitrogens with zero attached hydrogens (tertiary/aromatic N) is 4. The van der Waals surface area contributed by atoms with Crippen LogP contribution in [0.25, 0.3) is 11.3 Å². The van der Waals surface area contributed by atoms with Gasteiger partial charge < -0.3 is 10.1 Å². The second kappa shape index (κ2) is 9.36. The van der Waals surface area contributed by atoms with Crippen molar-refractivity contribution >= 4 is 17.7 Å². The molecule has 3 aromatic rings. The summed E-state index contributed by atoms with van der Waals surface area (Å²) in [4.78, 5) is 40.3. The van der Waals surface area contributed by atoms with Crippen molar-refractivity contribution in [2.45, 2.75) is 40.3 Å². The molecule has 8 heteroatoms. The van der Waals surface area contributed by atoms with Gasteiger partial charge in [0, 0.05) is 29.2 Å². The van der Waals surface area contributed by atoms with Gasteiger partial charge in [-0.1, -0.05) is 19.9 Å². The number of ether oxygens (including phenoxy) is 1. The zero-order valence-corrected chi connectivity index (χ0v) is 19.2. The van der Waals surface area contributed by atoms with E-state index in [0.717, 1.165) is 22.5 Å². The van der Waals surface area contributed by atoms with Crippen molar-refractivity contribution in [3.8, 4) is 11.3 Å². The molecule has 1 atom stereocenters. The number of aryl methyl sites for hydroxylation is 2. The fourth-order valence-corrected chi connectivity index (χ4v) is 3.67. The van der Waals surface area contributed by atoms with Crippen LogP contribution in [-0.2, 0) is 11.3 Å². The number of pyridine rings is 1. The highest BCUT2D eigenvalue weighted by molar-refractivity contribution is 5.99. The van der Waals surface area contributed by atoms with Gasteiger partial charge in [0.2, 0.25) is 0 Å². The average Bonchev–Trinajstić information content (AvgIpc) is 3.20. The van der Waals surface area contributed by atoms with E-state index in [1.54, 1.807) is 35.6 Å². The first kappa shape index (κ1) is 22.4. The average molecular weight is 446 g/mol. The van der Waals surface area contributed by atoms with Crippen molar-refractivity contribution in [1.82, 2.24) is 20.3 Å². The minimum Gasteiger partial charge on any atom is -0.447 e. The van der Waals surface area contributed by atoms with E-state index in [1.807, 2.05) is 45.9 Å². The fraction of sp³-hybridized carbons (Fsp3) is 0.320. The third-order valence-corrected chi connectivity index (χ3v) is 5.61. The predicted molar refractivity (Wildman–Crippen MR) is 125 cm³/mol. The second-order valence-electron chi connectivity index (χ2n) is 8.58. The highest BCUT2D eigenvalue weighted by Crippen LogP contribution is 2.32. The number of anilines is 1. The quantitative estimate of drug-likeness (QED) is 0.614. The van der Waals surface area contributed by atoms with Gasteiger partial charge in [-0.05, 0) is 49.6 Å². The zero-order chi connectivity index (χ0) is 23.5. The number of hydrogen-bond donors (Lipinski definition) is 1. The molecule has 0 saturated carbocycles. The first-order valence-electron chi connectivity index (χ1n) is 10.9. The summed E-state index contributed by atoms with van der Waals surface area (Å²) in [6.07, 6.45) is 4.66. The third kappa shape index (κ3) is 5.00. The molecule has 0 radical (unpaired) electrons. The van der Waals surface area contributed by atoms with E-state index in [0.29, 0.717) is 23.6 Å². The highest BCUT2D eigenvalue weighted by atomic mass is 16.6. The van der Waals surface area contributed by atoms with Crippen LogP contribution in [0.3, 0.4) is 0 Å². The Labute approximate surface area is 193 Å². The van der Waals surface area contributed by atoms with E-state index in [1.165, 1.54) is 0 Å². The predicted octanol–water partition coefficient (Wildman–Crippen LogP) is 4.07. The van der Waals surface area contributed by atoms with Gasteiger partial charge >= 0.3 is 6.09 Å². The molecule has 3 heterocycles. The molecular formula is C25H27N5O3. The van der Waals surface area contributed by atoms with Gasteiger partial charge in [0.1, 0.15) is 6.61 Å². The van der Waals surface area contributed by atoms with Crippen molar-refractivity contribution in [3.05, 3.63) is 71.4 Å². The molecule has 0 spiro atoms. The normalized spacial score (nSPS) is 15.6. The van der Waals surface area contributed by atoms with E-state index < -0.39 is 6.09 Å². The van der Waals surface area contributed by atoms with Crippen LogP contribution in [-0.4, -0.2) is 39.6 Å². The Bertz CT molecular complexity index is 1160. The molecule has 2 aromatic heterocycles. The lowest BCUT2D eigenvalue weighted by atomic mass is 10.0. The first-order valence-corrected chi connectivity index (χ1v) is 10.9. The Morgan fingerprint density at radius 1 is 1.12 bits per heavy atom. The number of carbonyl (C=O) groups is 2. The van der Waals surface area contributed by atoms with E-state index in [9.17, 15) is 9.59 Å². The van der Waals surface area contributed by atoms with Crippen LogP contribution in [0.2, 0.25) is 0 Å². The molecule has 0 aliphatic carbocycles. The number of aromatic nitrogens is 3. The Morgan fingerprint density at radius 3 is 2.61 bits per heavy atom. The molecule has 8 nitrogen and oxygen atoms in total. The SMILES string of the molecule is Cc1ccc(-c2cc(C(=O)NCc3cnc(C)cn3)cc(N3C(=O)OCC3C(C)C)c2)nc1. The minimum absolute atomic E-state index is 0.113. The summed E-state index contributed by atoms with van der Waals surface area (Å²) in [5, 5.41) is 2.89. The van der Waals surface area contributed by atoms with Gasteiger partial charge in [0.15, 0.2) is 0 Å². The summed E-state index contributed by atoms with van der Waals surface area (Å²) in [7, 11) is 0. The molecule has 1 saturated heterocycles. The van der Waals surface area contributed by atoms with Gasteiger partial charge in [-0.25, -0.2) is 4.79 Å².